The van der Waals surface area contributed by atoms with Gasteiger partial charge < -0.3 is 28.3 Å². The van der Waals surface area contributed by atoms with E-state index in [1.165, 1.54) is 0 Å². The molecule has 104 valence electrons. The summed E-state index contributed by atoms with van der Waals surface area (Å²) < 4.78 is 25.0. The molecule has 0 atom stereocenters. The Morgan fingerprint density at radius 3 is 1.74 bits per heavy atom. The summed E-state index contributed by atoms with van der Waals surface area (Å²) in [6.07, 6.45) is 2.83. The fraction of sp³-hybridized carbons (Fsp3) is 1.00. The van der Waals surface area contributed by atoms with Crippen molar-refractivity contribution >= 4 is 7.82 Å². The molecule has 0 fully saturated rings. The molecule has 0 aliphatic heterocycles. The van der Waals surface area contributed by atoms with Gasteiger partial charge in [0.1, 0.15) is 6.61 Å². The van der Waals surface area contributed by atoms with E-state index in [0.29, 0.717) is 13.2 Å². The predicted octanol–water partition coefficient (Wildman–Crippen LogP) is -5.20. The monoisotopic (exact) mass is 314 g/mol. The van der Waals surface area contributed by atoms with Crippen LogP contribution in [0.5, 0.6) is 0 Å². The first-order chi connectivity index (χ1) is 7.99. The molecule has 0 saturated heterocycles. The van der Waals surface area contributed by atoms with Gasteiger partial charge in [-0.1, -0.05) is 26.7 Å². The molecule has 6 nitrogen and oxygen atoms in total. The Balaban J connectivity index is -0.00000128. The zero-order valence-electron chi connectivity index (χ0n) is 12.4. The zero-order valence-corrected chi connectivity index (χ0v) is 17.3. The maximum Gasteiger partial charge on any atom is 1.00 e. The van der Waals surface area contributed by atoms with Crippen molar-refractivity contribution in [3.05, 3.63) is 0 Å². The van der Waals surface area contributed by atoms with Gasteiger partial charge in [-0.2, -0.15) is 0 Å². The number of phosphoric acid groups is 1. The van der Waals surface area contributed by atoms with Gasteiger partial charge in [-0.15, -0.1) is 0 Å². The molecule has 0 spiro atoms. The molecular weight excluding hydrogens is 293 g/mol. The van der Waals surface area contributed by atoms with Gasteiger partial charge in [0, 0.05) is 13.2 Å². The van der Waals surface area contributed by atoms with Crippen molar-refractivity contribution in [2.24, 2.45) is 0 Å². The van der Waals surface area contributed by atoms with Gasteiger partial charge in [0.05, 0.1) is 7.82 Å². The summed E-state index contributed by atoms with van der Waals surface area (Å²) in [6, 6.07) is 0. The second-order valence-corrected chi connectivity index (χ2v) is 4.77. The van der Waals surface area contributed by atoms with Gasteiger partial charge in [0.25, 0.3) is 0 Å². The van der Waals surface area contributed by atoms with E-state index in [9.17, 15) is 14.4 Å². The molecule has 0 saturated carbocycles. The van der Waals surface area contributed by atoms with E-state index < -0.39 is 14.1 Å². The minimum absolute atomic E-state index is 0. The van der Waals surface area contributed by atoms with Crippen LogP contribution in [0.3, 0.4) is 0 Å². The third-order valence-corrected chi connectivity index (χ3v) is 2.44. The summed E-state index contributed by atoms with van der Waals surface area (Å²) >= 11 is 0. The third kappa shape index (κ3) is 20.0. The van der Waals surface area contributed by atoms with Gasteiger partial charge in [-0.25, -0.2) is 0 Å². The Hall–Kier alpha value is 2.03. The molecule has 0 rings (SSSR count). The average molecular weight is 314 g/mol. The van der Waals surface area contributed by atoms with Crippen molar-refractivity contribution in [2.75, 3.05) is 19.8 Å². The quantitative estimate of drug-likeness (QED) is 0.164. The fourth-order valence-corrected chi connectivity index (χ4v) is 1.32. The number of rotatable bonds is 11. The van der Waals surface area contributed by atoms with Crippen molar-refractivity contribution in [1.82, 2.24) is 0 Å². The Kier molecular flexibility index (Phi) is 22.4. The molecule has 0 N–H and O–H groups in total. The van der Waals surface area contributed by atoms with Crippen molar-refractivity contribution < 1.29 is 87.5 Å². The van der Waals surface area contributed by atoms with E-state index in [0.717, 1.165) is 25.7 Å². The summed E-state index contributed by atoms with van der Waals surface area (Å²) in [5.41, 5.74) is 0. The smallest absolute Gasteiger partial charge is 0.790 e. The maximum atomic E-state index is 10.3. The third-order valence-electron chi connectivity index (χ3n) is 1.97. The summed E-state index contributed by atoms with van der Waals surface area (Å²) in [4.78, 5) is 20.7. The van der Waals surface area contributed by atoms with Crippen molar-refractivity contribution in [3.63, 3.8) is 0 Å². The molecule has 0 heterocycles. The van der Waals surface area contributed by atoms with E-state index in [-0.39, 0.29) is 65.7 Å². The molecule has 9 heteroatoms. The van der Waals surface area contributed by atoms with E-state index in [1.807, 2.05) is 13.8 Å². The Bertz CT molecular complexity index is 216. The van der Waals surface area contributed by atoms with Crippen LogP contribution in [-0.2, 0) is 18.6 Å². The van der Waals surface area contributed by atoms with Gasteiger partial charge in [-0.05, 0) is 12.8 Å². The number of phosphoric ester groups is 1. The number of hydrogen-bond donors (Lipinski definition) is 0. The Labute approximate surface area is 159 Å². The minimum atomic E-state index is -4.96. The molecule has 0 aliphatic carbocycles. The normalized spacial score (nSPS) is 11.0. The van der Waals surface area contributed by atoms with E-state index >= 15 is 0 Å². The number of unbranched alkanes of at least 4 members (excludes halogenated alkanes) is 2. The van der Waals surface area contributed by atoms with Crippen molar-refractivity contribution in [3.8, 4) is 0 Å². The zero-order chi connectivity index (χ0) is 13.1. The van der Waals surface area contributed by atoms with E-state index in [2.05, 4.69) is 4.52 Å². The molecule has 0 amide bonds. The molecule has 0 unspecified atom stereocenters. The van der Waals surface area contributed by atoms with Crippen LogP contribution >= 0.6 is 7.82 Å². The topological polar surface area (TPSA) is 90.9 Å². The number of hydrogen-bond acceptors (Lipinski definition) is 6. The summed E-state index contributed by atoms with van der Waals surface area (Å²) in [5, 5.41) is 0. The summed E-state index contributed by atoms with van der Waals surface area (Å²) in [5.74, 6) is 0. The van der Waals surface area contributed by atoms with Crippen LogP contribution < -0.4 is 68.9 Å². The SMILES string of the molecule is CCCCOC(COP(=O)([O-])[O-])OCCCC.[Na+].[Na+]. The molecule has 0 aromatic heterocycles. The van der Waals surface area contributed by atoms with E-state index in [1.54, 1.807) is 0 Å². The second kappa shape index (κ2) is 16.4. The van der Waals surface area contributed by atoms with Gasteiger partial charge in [-0.3, -0.25) is 0 Å². The van der Waals surface area contributed by atoms with E-state index in [4.69, 9.17) is 9.47 Å². The predicted molar refractivity (Wildman–Crippen MR) is 59.1 cm³/mol. The largest absolute Gasteiger partial charge is 1.00 e. The number of ether oxygens (including phenoxy) is 2. The molecule has 19 heavy (non-hydrogen) atoms. The Morgan fingerprint density at radius 1 is 1.00 bits per heavy atom. The minimum Gasteiger partial charge on any atom is -0.790 e. The second-order valence-electron chi connectivity index (χ2n) is 3.62. The van der Waals surface area contributed by atoms with Crippen LogP contribution in [-0.4, -0.2) is 26.1 Å². The molecule has 0 radical (unpaired) electrons. The van der Waals surface area contributed by atoms with Gasteiger partial charge >= 0.3 is 59.1 Å². The molecule has 0 aromatic rings. The fourth-order valence-electron chi connectivity index (χ4n) is 1.01. The van der Waals surface area contributed by atoms with Crippen LogP contribution in [0.2, 0.25) is 0 Å². The summed E-state index contributed by atoms with van der Waals surface area (Å²) in [7, 11) is -4.96. The van der Waals surface area contributed by atoms with Crippen molar-refractivity contribution in [1.29, 1.82) is 0 Å². The standard InChI is InChI=1S/C10H23O6P.2Na/c1-3-5-7-14-10(15-8-6-4-2)9-16-17(11,12)13;;/h10H,3-9H2,1-2H3,(H2,11,12,13);;/q;2*+1/p-2. The summed E-state index contributed by atoms with van der Waals surface area (Å²) in [6.45, 7) is 4.56. The first-order valence-corrected chi connectivity index (χ1v) is 7.35. The maximum absolute atomic E-state index is 10.3. The van der Waals surface area contributed by atoms with Crippen LogP contribution in [0.15, 0.2) is 0 Å². The first kappa shape index (κ1) is 26.0. The van der Waals surface area contributed by atoms with Gasteiger partial charge in [0.2, 0.25) is 0 Å². The first-order valence-electron chi connectivity index (χ1n) is 5.89. The van der Waals surface area contributed by atoms with Gasteiger partial charge in [0.15, 0.2) is 6.29 Å². The molecule has 0 aromatic carbocycles. The van der Waals surface area contributed by atoms with Crippen LogP contribution in [0, 0.1) is 0 Å². The van der Waals surface area contributed by atoms with Crippen molar-refractivity contribution in [2.45, 2.75) is 45.8 Å². The average Bonchev–Trinajstić information content (AvgIpc) is 2.24. The van der Waals surface area contributed by atoms with Crippen LogP contribution in [0.25, 0.3) is 0 Å². The molecule has 0 aliphatic rings. The molecular formula is C10H21Na2O6P. The van der Waals surface area contributed by atoms with Crippen LogP contribution in [0.1, 0.15) is 39.5 Å². The molecule has 0 bridgehead atoms. The Morgan fingerprint density at radius 2 is 1.42 bits per heavy atom. The van der Waals surface area contributed by atoms with Crippen LogP contribution in [0.4, 0.5) is 0 Å².